The van der Waals surface area contributed by atoms with E-state index in [1.165, 1.54) is 6.07 Å². The lowest BCUT2D eigenvalue weighted by atomic mass is 9.84. The van der Waals surface area contributed by atoms with Crippen molar-refractivity contribution in [1.29, 1.82) is 0 Å². The zero-order valence-corrected chi connectivity index (χ0v) is 11.5. The second kappa shape index (κ2) is 5.55. The Morgan fingerprint density at radius 2 is 1.84 bits per heavy atom. The van der Waals surface area contributed by atoms with Crippen LogP contribution in [0.2, 0.25) is 0 Å². The van der Waals surface area contributed by atoms with Gasteiger partial charge < -0.3 is 10.0 Å². The lowest BCUT2D eigenvalue weighted by Crippen LogP contribution is -2.43. The molecule has 1 aliphatic heterocycles. The van der Waals surface area contributed by atoms with Gasteiger partial charge in [0.2, 0.25) is 0 Å². The average molecular weight is 269 g/mol. The van der Waals surface area contributed by atoms with E-state index in [-0.39, 0.29) is 0 Å². The van der Waals surface area contributed by atoms with Gasteiger partial charge in [-0.05, 0) is 36.5 Å². The van der Waals surface area contributed by atoms with Crippen LogP contribution in [0.4, 0.5) is 8.78 Å². The number of likely N-dealkylation sites (tertiary alicyclic amines) is 1. The number of rotatable bonds is 3. The third-order valence-electron chi connectivity index (χ3n) is 3.76. The summed E-state index contributed by atoms with van der Waals surface area (Å²) in [6, 6.07) is 3.69. The van der Waals surface area contributed by atoms with Crippen LogP contribution in [-0.4, -0.2) is 29.6 Å². The van der Waals surface area contributed by atoms with E-state index in [2.05, 4.69) is 18.7 Å². The molecule has 0 aromatic heterocycles. The van der Waals surface area contributed by atoms with Crippen LogP contribution >= 0.6 is 0 Å². The molecule has 1 saturated heterocycles. The van der Waals surface area contributed by atoms with Crippen LogP contribution in [-0.2, 0) is 5.60 Å². The summed E-state index contributed by atoms with van der Waals surface area (Å²) in [6.45, 7) is 6.90. The van der Waals surface area contributed by atoms with E-state index in [1.54, 1.807) is 0 Å². The zero-order chi connectivity index (χ0) is 14.0. The van der Waals surface area contributed by atoms with Crippen LogP contribution in [0.1, 0.15) is 32.3 Å². The lowest BCUT2D eigenvalue weighted by molar-refractivity contribution is -0.0282. The number of halogens is 2. The molecule has 0 saturated carbocycles. The first-order valence-electron chi connectivity index (χ1n) is 6.81. The number of hydrogen-bond acceptors (Lipinski definition) is 2. The molecule has 2 rings (SSSR count). The summed E-state index contributed by atoms with van der Waals surface area (Å²) in [7, 11) is 0. The van der Waals surface area contributed by atoms with Crippen LogP contribution in [0.5, 0.6) is 0 Å². The minimum Gasteiger partial charge on any atom is -0.385 e. The van der Waals surface area contributed by atoms with Gasteiger partial charge in [-0.1, -0.05) is 19.9 Å². The van der Waals surface area contributed by atoms with Gasteiger partial charge in [-0.2, -0.15) is 0 Å². The summed E-state index contributed by atoms with van der Waals surface area (Å²) >= 11 is 0. The van der Waals surface area contributed by atoms with Crippen molar-refractivity contribution < 1.29 is 13.9 Å². The Bertz CT molecular complexity index is 440. The molecule has 1 heterocycles. The maximum Gasteiger partial charge on any atom is 0.159 e. The molecule has 0 atom stereocenters. The Balaban J connectivity index is 2.06. The molecule has 1 aromatic carbocycles. The molecule has 0 amide bonds. The standard InChI is InChI=1S/C15H21F2NO/c1-11(2)10-18-7-5-15(19,6-8-18)12-3-4-13(16)14(17)9-12/h3-4,9,11,19H,5-8,10H2,1-2H3. The van der Waals surface area contributed by atoms with E-state index in [1.807, 2.05) is 0 Å². The average Bonchev–Trinajstić information content (AvgIpc) is 2.35. The van der Waals surface area contributed by atoms with Gasteiger partial charge in [0.1, 0.15) is 0 Å². The SMILES string of the molecule is CC(C)CN1CCC(O)(c2ccc(F)c(F)c2)CC1. The van der Waals surface area contributed by atoms with Crippen molar-refractivity contribution in [3.05, 3.63) is 35.4 Å². The summed E-state index contributed by atoms with van der Waals surface area (Å²) in [4.78, 5) is 2.30. The van der Waals surface area contributed by atoms with Gasteiger partial charge in [-0.3, -0.25) is 0 Å². The van der Waals surface area contributed by atoms with Crippen molar-refractivity contribution in [3.8, 4) is 0 Å². The van der Waals surface area contributed by atoms with Crippen molar-refractivity contribution in [3.63, 3.8) is 0 Å². The molecular weight excluding hydrogens is 248 g/mol. The summed E-state index contributed by atoms with van der Waals surface area (Å²) in [5.74, 6) is -1.17. The fourth-order valence-electron chi connectivity index (χ4n) is 2.70. The first kappa shape index (κ1) is 14.4. The predicted molar refractivity (Wildman–Crippen MR) is 70.8 cm³/mol. The zero-order valence-electron chi connectivity index (χ0n) is 11.5. The Morgan fingerprint density at radius 1 is 1.21 bits per heavy atom. The molecular formula is C15H21F2NO. The number of hydrogen-bond donors (Lipinski definition) is 1. The smallest absolute Gasteiger partial charge is 0.159 e. The first-order valence-corrected chi connectivity index (χ1v) is 6.81. The monoisotopic (exact) mass is 269 g/mol. The van der Waals surface area contributed by atoms with E-state index in [0.717, 1.165) is 31.8 Å². The van der Waals surface area contributed by atoms with Crippen molar-refractivity contribution >= 4 is 0 Å². The highest BCUT2D eigenvalue weighted by molar-refractivity contribution is 5.24. The second-order valence-electron chi connectivity index (χ2n) is 5.85. The fourth-order valence-corrected chi connectivity index (χ4v) is 2.70. The molecule has 1 aromatic rings. The Kier molecular flexibility index (Phi) is 4.21. The van der Waals surface area contributed by atoms with Gasteiger partial charge in [0.05, 0.1) is 5.60 Å². The van der Waals surface area contributed by atoms with Crippen LogP contribution in [0.25, 0.3) is 0 Å². The molecule has 1 aliphatic rings. The molecule has 0 radical (unpaired) electrons. The quantitative estimate of drug-likeness (QED) is 0.912. The number of aliphatic hydroxyl groups is 1. The molecule has 0 aliphatic carbocycles. The normalized spacial score (nSPS) is 19.9. The molecule has 0 bridgehead atoms. The highest BCUT2D eigenvalue weighted by atomic mass is 19.2. The number of nitrogens with zero attached hydrogens (tertiary/aromatic N) is 1. The maximum absolute atomic E-state index is 13.3. The molecule has 1 fully saturated rings. The highest BCUT2D eigenvalue weighted by Crippen LogP contribution is 2.33. The Hall–Kier alpha value is -1.00. The van der Waals surface area contributed by atoms with E-state index in [4.69, 9.17) is 0 Å². The van der Waals surface area contributed by atoms with Crippen molar-refractivity contribution in [2.75, 3.05) is 19.6 Å². The van der Waals surface area contributed by atoms with E-state index in [0.29, 0.717) is 24.3 Å². The largest absolute Gasteiger partial charge is 0.385 e. The van der Waals surface area contributed by atoms with Crippen molar-refractivity contribution in [1.82, 2.24) is 4.90 Å². The fraction of sp³-hybridized carbons (Fsp3) is 0.600. The van der Waals surface area contributed by atoms with Crippen LogP contribution in [0, 0.1) is 17.6 Å². The molecule has 2 nitrogen and oxygen atoms in total. The predicted octanol–water partition coefficient (Wildman–Crippen LogP) is 2.90. The van der Waals surface area contributed by atoms with Gasteiger partial charge in [0.25, 0.3) is 0 Å². The van der Waals surface area contributed by atoms with Gasteiger partial charge in [-0.15, -0.1) is 0 Å². The van der Waals surface area contributed by atoms with Crippen molar-refractivity contribution in [2.45, 2.75) is 32.3 Å². The van der Waals surface area contributed by atoms with Gasteiger partial charge in [0, 0.05) is 19.6 Å². The van der Waals surface area contributed by atoms with Gasteiger partial charge in [0.15, 0.2) is 11.6 Å². The number of benzene rings is 1. The molecule has 106 valence electrons. The third kappa shape index (κ3) is 3.31. The maximum atomic E-state index is 13.3. The Morgan fingerprint density at radius 3 is 2.37 bits per heavy atom. The van der Waals surface area contributed by atoms with E-state index >= 15 is 0 Å². The number of piperidine rings is 1. The van der Waals surface area contributed by atoms with Gasteiger partial charge in [-0.25, -0.2) is 8.78 Å². The summed E-state index contributed by atoms with van der Waals surface area (Å²) in [5.41, 5.74) is -0.544. The summed E-state index contributed by atoms with van der Waals surface area (Å²) in [5, 5.41) is 10.6. The van der Waals surface area contributed by atoms with E-state index < -0.39 is 17.2 Å². The molecule has 19 heavy (non-hydrogen) atoms. The minimum atomic E-state index is -1.03. The first-order chi connectivity index (χ1) is 8.90. The van der Waals surface area contributed by atoms with Crippen LogP contribution in [0.3, 0.4) is 0 Å². The molecule has 0 spiro atoms. The highest BCUT2D eigenvalue weighted by Gasteiger charge is 2.34. The molecule has 4 heteroatoms. The van der Waals surface area contributed by atoms with E-state index in [9.17, 15) is 13.9 Å². The van der Waals surface area contributed by atoms with Gasteiger partial charge >= 0.3 is 0 Å². The molecule has 0 unspecified atom stereocenters. The lowest BCUT2D eigenvalue weighted by Gasteiger charge is -2.39. The minimum absolute atomic E-state index is 0.482. The topological polar surface area (TPSA) is 23.5 Å². The third-order valence-corrected chi connectivity index (χ3v) is 3.76. The summed E-state index contributed by atoms with van der Waals surface area (Å²) in [6.07, 6.45) is 1.12. The second-order valence-corrected chi connectivity index (χ2v) is 5.85. The van der Waals surface area contributed by atoms with Crippen LogP contribution < -0.4 is 0 Å². The van der Waals surface area contributed by atoms with Crippen LogP contribution in [0.15, 0.2) is 18.2 Å². The van der Waals surface area contributed by atoms with Crippen molar-refractivity contribution in [2.24, 2.45) is 5.92 Å². The Labute approximate surface area is 113 Å². The summed E-state index contributed by atoms with van der Waals surface area (Å²) < 4.78 is 26.2. The molecule has 1 N–H and O–H groups in total.